The first kappa shape index (κ1) is 13.8. The second kappa shape index (κ2) is 6.53. The summed E-state index contributed by atoms with van der Waals surface area (Å²) in [4.78, 5) is 12.6. The van der Waals surface area contributed by atoms with Crippen molar-refractivity contribution in [2.75, 3.05) is 18.1 Å². The summed E-state index contributed by atoms with van der Waals surface area (Å²) in [6.45, 7) is 4.67. The van der Waals surface area contributed by atoms with Crippen LogP contribution in [0.2, 0.25) is 0 Å². The van der Waals surface area contributed by atoms with E-state index in [0.717, 1.165) is 17.1 Å². The predicted molar refractivity (Wildman–Crippen MR) is 80.1 cm³/mol. The van der Waals surface area contributed by atoms with Crippen LogP contribution < -0.4 is 4.74 Å². The van der Waals surface area contributed by atoms with Gasteiger partial charge in [-0.25, -0.2) is 0 Å². The summed E-state index contributed by atoms with van der Waals surface area (Å²) in [5.74, 6) is 3.13. The van der Waals surface area contributed by atoms with E-state index in [0.29, 0.717) is 17.6 Å². The average molecular weight is 282 g/mol. The van der Waals surface area contributed by atoms with Gasteiger partial charge in [-0.3, -0.25) is 4.79 Å². The molecule has 2 unspecified atom stereocenters. The zero-order chi connectivity index (χ0) is 13.0. The lowest BCUT2D eigenvalue weighted by molar-refractivity contribution is 0.0986. The van der Waals surface area contributed by atoms with Crippen LogP contribution in [0.4, 0.5) is 0 Å². The van der Waals surface area contributed by atoms with Gasteiger partial charge in [0.2, 0.25) is 0 Å². The topological polar surface area (TPSA) is 26.3 Å². The highest BCUT2D eigenvalue weighted by molar-refractivity contribution is 8.07. The summed E-state index contributed by atoms with van der Waals surface area (Å²) >= 11 is 3.66. The minimum atomic E-state index is 0.0605. The number of carbonyl (C=O) groups excluding carboxylic acids is 1. The van der Waals surface area contributed by atoms with Crippen molar-refractivity contribution in [2.24, 2.45) is 0 Å². The molecular weight excluding hydrogens is 264 g/mol. The lowest BCUT2D eigenvalue weighted by atomic mass is 10.1. The highest BCUT2D eigenvalue weighted by Crippen LogP contribution is 2.34. The van der Waals surface area contributed by atoms with E-state index in [9.17, 15) is 4.79 Å². The van der Waals surface area contributed by atoms with Crippen LogP contribution in [0.15, 0.2) is 24.3 Å². The van der Waals surface area contributed by atoms with E-state index in [4.69, 9.17) is 4.74 Å². The van der Waals surface area contributed by atoms with Crippen molar-refractivity contribution in [2.45, 2.75) is 24.3 Å². The van der Waals surface area contributed by atoms with E-state index in [1.807, 2.05) is 43.0 Å². The third-order valence-electron chi connectivity index (χ3n) is 2.90. The highest BCUT2D eigenvalue weighted by atomic mass is 32.2. The maximum Gasteiger partial charge on any atom is 0.180 e. The van der Waals surface area contributed by atoms with Crippen molar-refractivity contribution in [1.29, 1.82) is 0 Å². The second-order valence-electron chi connectivity index (χ2n) is 4.16. The first-order valence-electron chi connectivity index (χ1n) is 6.23. The molecule has 0 aliphatic carbocycles. The summed E-state index contributed by atoms with van der Waals surface area (Å²) in [7, 11) is 0. The van der Waals surface area contributed by atoms with Gasteiger partial charge in [-0.05, 0) is 19.1 Å². The summed E-state index contributed by atoms with van der Waals surface area (Å²) in [5.41, 5.74) is 0.728. The molecule has 18 heavy (non-hydrogen) atoms. The van der Waals surface area contributed by atoms with Gasteiger partial charge in [0.05, 0.1) is 17.4 Å². The third-order valence-corrected chi connectivity index (χ3v) is 5.99. The molecule has 0 amide bonds. The van der Waals surface area contributed by atoms with E-state index >= 15 is 0 Å². The van der Waals surface area contributed by atoms with Crippen molar-refractivity contribution in [3.8, 4) is 5.75 Å². The molecule has 0 radical (unpaired) electrons. The number of hydrogen-bond donors (Lipinski definition) is 0. The molecule has 0 aromatic heterocycles. The molecule has 1 saturated heterocycles. The second-order valence-corrected chi connectivity index (χ2v) is 6.90. The molecule has 1 fully saturated rings. The fourth-order valence-electron chi connectivity index (χ4n) is 2.03. The van der Waals surface area contributed by atoms with Crippen LogP contribution in [0.5, 0.6) is 5.75 Å². The lowest BCUT2D eigenvalue weighted by Gasteiger charge is -2.27. The van der Waals surface area contributed by atoms with E-state index < -0.39 is 0 Å². The Kier molecular flexibility index (Phi) is 5.01. The van der Waals surface area contributed by atoms with E-state index in [-0.39, 0.29) is 11.0 Å². The molecule has 2 rings (SSSR count). The standard InChI is InChI=1S/C14H18O2S2/c1-3-16-12-7-5-4-6-11(12)13(15)14-10(2)17-8-9-18-14/h4-7,10,14H,3,8-9H2,1-2H3. The van der Waals surface area contributed by atoms with Crippen LogP contribution in [0, 0.1) is 0 Å². The van der Waals surface area contributed by atoms with Crippen LogP contribution in [-0.4, -0.2) is 34.4 Å². The quantitative estimate of drug-likeness (QED) is 0.790. The van der Waals surface area contributed by atoms with Gasteiger partial charge in [-0.15, -0.1) is 11.8 Å². The fraction of sp³-hybridized carbons (Fsp3) is 0.500. The first-order valence-corrected chi connectivity index (χ1v) is 8.33. The maximum atomic E-state index is 12.6. The minimum absolute atomic E-state index is 0.0605. The third kappa shape index (κ3) is 3.04. The molecule has 1 aliphatic rings. The molecule has 98 valence electrons. The molecule has 4 heteroatoms. The number of hydrogen-bond acceptors (Lipinski definition) is 4. The van der Waals surface area contributed by atoms with Crippen LogP contribution in [0.3, 0.4) is 0 Å². The average Bonchev–Trinajstić information content (AvgIpc) is 2.40. The van der Waals surface area contributed by atoms with Gasteiger partial charge < -0.3 is 4.74 Å². The fourth-order valence-corrected chi connectivity index (χ4v) is 4.74. The van der Waals surface area contributed by atoms with E-state index in [1.165, 1.54) is 0 Å². The van der Waals surface area contributed by atoms with Crippen molar-refractivity contribution in [3.05, 3.63) is 29.8 Å². The Hall–Kier alpha value is -0.610. The van der Waals surface area contributed by atoms with Gasteiger partial charge in [-0.1, -0.05) is 19.1 Å². The molecule has 0 spiro atoms. The zero-order valence-electron chi connectivity index (χ0n) is 10.7. The highest BCUT2D eigenvalue weighted by Gasteiger charge is 2.31. The summed E-state index contributed by atoms with van der Waals surface area (Å²) < 4.78 is 5.55. The molecule has 1 aliphatic heterocycles. The number of ether oxygens (including phenoxy) is 1. The number of carbonyl (C=O) groups is 1. The Morgan fingerprint density at radius 3 is 2.78 bits per heavy atom. The van der Waals surface area contributed by atoms with Gasteiger partial charge in [0.25, 0.3) is 0 Å². The smallest absolute Gasteiger partial charge is 0.180 e. The van der Waals surface area contributed by atoms with Crippen molar-refractivity contribution in [1.82, 2.24) is 0 Å². The summed E-state index contributed by atoms with van der Waals surface area (Å²) in [5, 5.41) is 0.441. The zero-order valence-corrected chi connectivity index (χ0v) is 12.4. The number of benzene rings is 1. The van der Waals surface area contributed by atoms with Gasteiger partial charge >= 0.3 is 0 Å². The van der Waals surface area contributed by atoms with Crippen LogP contribution >= 0.6 is 23.5 Å². The van der Waals surface area contributed by atoms with Gasteiger partial charge in [-0.2, -0.15) is 11.8 Å². The molecule has 1 aromatic carbocycles. The van der Waals surface area contributed by atoms with Crippen LogP contribution in [0.1, 0.15) is 24.2 Å². The van der Waals surface area contributed by atoms with Crippen LogP contribution in [-0.2, 0) is 0 Å². The SMILES string of the molecule is CCOc1ccccc1C(=O)C1SCCSC1C. The predicted octanol–water partition coefficient (Wildman–Crippen LogP) is 3.51. The maximum absolute atomic E-state index is 12.6. The molecule has 1 aromatic rings. The molecule has 2 nitrogen and oxygen atoms in total. The number of Topliss-reactive ketones (excluding diaryl/α,β-unsaturated/α-hetero) is 1. The van der Waals surface area contributed by atoms with Crippen molar-refractivity contribution < 1.29 is 9.53 Å². The minimum Gasteiger partial charge on any atom is -0.493 e. The Bertz CT molecular complexity index is 420. The Balaban J connectivity index is 2.22. The number of ketones is 1. The monoisotopic (exact) mass is 282 g/mol. The molecule has 0 N–H and O–H groups in total. The van der Waals surface area contributed by atoms with E-state index in [2.05, 4.69) is 6.92 Å². The molecule has 0 saturated carbocycles. The Morgan fingerprint density at radius 2 is 2.06 bits per heavy atom. The number of thioether (sulfide) groups is 2. The lowest BCUT2D eigenvalue weighted by Crippen LogP contribution is -2.31. The molecular formula is C14H18O2S2. The molecule has 2 atom stereocenters. The first-order chi connectivity index (χ1) is 8.74. The Labute approximate surface area is 117 Å². The number of para-hydroxylation sites is 1. The van der Waals surface area contributed by atoms with Gasteiger partial charge in [0.15, 0.2) is 5.78 Å². The van der Waals surface area contributed by atoms with Gasteiger partial charge in [0, 0.05) is 16.8 Å². The summed E-state index contributed by atoms with van der Waals surface area (Å²) in [6, 6.07) is 7.57. The molecule has 0 bridgehead atoms. The Morgan fingerprint density at radius 1 is 1.33 bits per heavy atom. The normalized spacial score (nSPS) is 23.7. The molecule has 1 heterocycles. The van der Waals surface area contributed by atoms with Crippen LogP contribution in [0.25, 0.3) is 0 Å². The van der Waals surface area contributed by atoms with Crippen molar-refractivity contribution >= 4 is 29.3 Å². The van der Waals surface area contributed by atoms with E-state index in [1.54, 1.807) is 11.8 Å². The van der Waals surface area contributed by atoms with Gasteiger partial charge in [0.1, 0.15) is 5.75 Å². The largest absolute Gasteiger partial charge is 0.493 e. The number of rotatable bonds is 4. The summed E-state index contributed by atoms with van der Waals surface area (Å²) in [6.07, 6.45) is 0. The van der Waals surface area contributed by atoms with Crippen molar-refractivity contribution in [3.63, 3.8) is 0 Å².